The van der Waals surface area contributed by atoms with E-state index >= 15 is 0 Å². The Morgan fingerprint density at radius 2 is 1.39 bits per heavy atom. The first-order chi connectivity index (χ1) is 20.0. The predicted molar refractivity (Wildman–Crippen MR) is 179 cm³/mol. The van der Waals surface area contributed by atoms with Gasteiger partial charge in [-0.3, -0.25) is 0 Å². The second-order valence-electron chi connectivity index (χ2n) is 10.6. The molecule has 0 spiro atoms. The van der Waals surface area contributed by atoms with Gasteiger partial charge in [-0.2, -0.15) is 0 Å². The molecule has 4 aromatic carbocycles. The maximum Gasteiger partial charge on any atom is 0.0538 e. The summed E-state index contributed by atoms with van der Waals surface area (Å²) in [6, 6.07) is 38.1. The molecule has 2 heteroatoms. The van der Waals surface area contributed by atoms with Crippen molar-refractivity contribution in [1.82, 2.24) is 10.6 Å². The number of benzene rings is 4. The van der Waals surface area contributed by atoms with Crippen LogP contribution in [0.1, 0.15) is 41.5 Å². The number of hydrogen-bond donors (Lipinski definition) is 2. The van der Waals surface area contributed by atoms with Crippen LogP contribution in [0.5, 0.6) is 0 Å². The Balaban J connectivity index is 0.000000575. The van der Waals surface area contributed by atoms with Gasteiger partial charge in [-0.05, 0) is 67.3 Å². The molecule has 1 atom stereocenters. The highest BCUT2D eigenvalue weighted by Crippen LogP contribution is 2.25. The zero-order chi connectivity index (χ0) is 29.3. The Morgan fingerprint density at radius 1 is 0.756 bits per heavy atom. The van der Waals surface area contributed by atoms with E-state index < -0.39 is 0 Å². The quantitative estimate of drug-likeness (QED) is 0.155. The molecule has 0 aliphatic heterocycles. The van der Waals surface area contributed by atoms with Gasteiger partial charge in [-0.1, -0.05) is 134 Å². The van der Waals surface area contributed by atoms with Crippen LogP contribution in [0.4, 0.5) is 0 Å². The smallest absolute Gasteiger partial charge is 0.0538 e. The maximum atomic E-state index is 4.32. The molecule has 0 aromatic heterocycles. The molecule has 0 heterocycles. The van der Waals surface area contributed by atoms with Gasteiger partial charge in [0.1, 0.15) is 0 Å². The van der Waals surface area contributed by atoms with Crippen molar-refractivity contribution in [3.05, 3.63) is 169 Å². The summed E-state index contributed by atoms with van der Waals surface area (Å²) in [4.78, 5) is 0. The van der Waals surface area contributed by atoms with Crippen LogP contribution >= 0.6 is 0 Å². The minimum atomic E-state index is 0.379. The number of nitrogens with one attached hydrogen (secondary N) is 2. The Morgan fingerprint density at radius 3 is 1.98 bits per heavy atom. The van der Waals surface area contributed by atoms with Crippen LogP contribution in [0.25, 0.3) is 11.1 Å². The predicted octanol–water partition coefficient (Wildman–Crippen LogP) is 9.58. The largest absolute Gasteiger partial charge is 0.383 e. The van der Waals surface area contributed by atoms with Crippen molar-refractivity contribution in [1.29, 1.82) is 0 Å². The molecular formula is C39H46N2. The summed E-state index contributed by atoms with van der Waals surface area (Å²) in [5.41, 5.74) is 9.92. The molecule has 0 radical (unpaired) electrons. The maximum absolute atomic E-state index is 4.32. The van der Waals surface area contributed by atoms with Gasteiger partial charge in [0.25, 0.3) is 0 Å². The fraction of sp³-hybridized carbons (Fsp3) is 0.231. The average Bonchev–Trinajstić information content (AvgIpc) is 3.00. The molecule has 2 nitrogen and oxygen atoms in total. The highest BCUT2D eigenvalue weighted by Gasteiger charge is 2.12. The molecule has 4 aromatic rings. The van der Waals surface area contributed by atoms with Crippen molar-refractivity contribution < 1.29 is 0 Å². The Bertz CT molecular complexity index is 1340. The number of hydrogen-bond acceptors (Lipinski definition) is 2. The molecule has 0 saturated carbocycles. The molecule has 212 valence electrons. The second kappa shape index (κ2) is 17.4. The summed E-state index contributed by atoms with van der Waals surface area (Å²) in [5.74, 6) is 0.379. The van der Waals surface area contributed by atoms with Gasteiger partial charge in [0, 0.05) is 23.9 Å². The highest BCUT2D eigenvalue weighted by atomic mass is 15.0. The molecule has 2 N–H and O–H groups in total. The zero-order valence-corrected chi connectivity index (χ0v) is 24.9. The fourth-order valence-corrected chi connectivity index (χ4v) is 4.80. The molecule has 41 heavy (non-hydrogen) atoms. The van der Waals surface area contributed by atoms with Gasteiger partial charge >= 0.3 is 0 Å². The van der Waals surface area contributed by atoms with Crippen molar-refractivity contribution in [2.45, 2.75) is 46.1 Å². The molecule has 1 unspecified atom stereocenters. The minimum Gasteiger partial charge on any atom is -0.383 e. The lowest BCUT2D eigenvalue weighted by Gasteiger charge is -2.21. The molecule has 0 aliphatic rings. The van der Waals surface area contributed by atoms with E-state index in [9.17, 15) is 0 Å². The van der Waals surface area contributed by atoms with Crippen molar-refractivity contribution in [3.63, 3.8) is 0 Å². The Labute approximate surface area is 248 Å². The van der Waals surface area contributed by atoms with Gasteiger partial charge in [-0.15, -0.1) is 6.58 Å². The summed E-state index contributed by atoms with van der Waals surface area (Å²) in [7, 11) is 0. The van der Waals surface area contributed by atoms with Crippen molar-refractivity contribution >= 4 is 0 Å². The molecule has 4 rings (SSSR count). The van der Waals surface area contributed by atoms with E-state index in [-0.39, 0.29) is 0 Å². The first kappa shape index (κ1) is 31.2. The van der Waals surface area contributed by atoms with Crippen molar-refractivity contribution in [2.75, 3.05) is 6.54 Å². The molecular weight excluding hydrogens is 496 g/mol. The third kappa shape index (κ3) is 11.4. The lowest BCUT2D eigenvalue weighted by molar-refractivity contribution is 0.509. The third-order valence-electron chi connectivity index (χ3n) is 7.19. The summed E-state index contributed by atoms with van der Waals surface area (Å²) in [6.07, 6.45) is 6.21. The zero-order valence-electron chi connectivity index (χ0n) is 24.9. The molecule has 0 bridgehead atoms. The minimum absolute atomic E-state index is 0.379. The standard InChI is InChI=1S/C32H38N2.C7H8/c1-5-13-30(27(4)34-23-26(3)33-24-29-14-8-6-9-15-29)19-12-16-28-20-21-32(25(2)22-28)31-17-10-7-11-18-31;1-7-5-3-2-4-6-7/h5-11,14-15,17-18,20-22,30,33-34H,1,3-4,12-13,16,19,23-24H2,2H3;2-6H,1H3. The molecule has 0 aliphatic carbocycles. The lowest BCUT2D eigenvalue weighted by atomic mass is 9.92. The summed E-state index contributed by atoms with van der Waals surface area (Å²) in [5, 5.41) is 6.88. The van der Waals surface area contributed by atoms with Gasteiger partial charge in [0.15, 0.2) is 0 Å². The third-order valence-corrected chi connectivity index (χ3v) is 7.19. The molecule has 0 saturated heterocycles. The van der Waals surface area contributed by atoms with Crippen LogP contribution < -0.4 is 10.6 Å². The van der Waals surface area contributed by atoms with Crippen LogP contribution in [0.2, 0.25) is 0 Å². The van der Waals surface area contributed by atoms with Gasteiger partial charge in [0.05, 0.1) is 6.54 Å². The van der Waals surface area contributed by atoms with E-state index in [2.05, 4.69) is 129 Å². The van der Waals surface area contributed by atoms with Crippen LogP contribution in [-0.2, 0) is 13.0 Å². The summed E-state index contributed by atoms with van der Waals surface area (Å²) < 4.78 is 0. The van der Waals surface area contributed by atoms with Crippen molar-refractivity contribution in [3.8, 4) is 11.1 Å². The van der Waals surface area contributed by atoms with E-state index in [1.165, 1.54) is 33.4 Å². The van der Waals surface area contributed by atoms with E-state index in [1.807, 2.05) is 30.3 Å². The number of rotatable bonds is 14. The van der Waals surface area contributed by atoms with E-state index in [0.717, 1.165) is 43.6 Å². The summed E-state index contributed by atoms with van der Waals surface area (Å²) >= 11 is 0. The second-order valence-corrected chi connectivity index (χ2v) is 10.6. The van der Waals surface area contributed by atoms with Crippen LogP contribution in [0.3, 0.4) is 0 Å². The number of aryl methyl sites for hydroxylation is 3. The van der Waals surface area contributed by atoms with E-state index in [1.54, 1.807) is 0 Å². The summed E-state index contributed by atoms with van der Waals surface area (Å²) in [6.45, 7) is 18.2. The average molecular weight is 543 g/mol. The Hall–Kier alpha value is -4.30. The Kier molecular flexibility index (Phi) is 13.3. The monoisotopic (exact) mass is 542 g/mol. The normalized spacial score (nSPS) is 11.0. The van der Waals surface area contributed by atoms with Crippen molar-refractivity contribution in [2.24, 2.45) is 5.92 Å². The topological polar surface area (TPSA) is 24.1 Å². The van der Waals surface area contributed by atoms with Gasteiger partial charge in [0.2, 0.25) is 0 Å². The SMILES string of the molecule is C=CCC(CCCc1ccc(-c2ccccc2)c(C)c1)C(=C)NCC(=C)NCc1ccccc1.Cc1ccccc1. The highest BCUT2D eigenvalue weighted by molar-refractivity contribution is 5.67. The van der Waals surface area contributed by atoms with Gasteiger partial charge < -0.3 is 10.6 Å². The first-order valence-corrected chi connectivity index (χ1v) is 14.6. The fourth-order valence-electron chi connectivity index (χ4n) is 4.80. The molecule has 0 amide bonds. The van der Waals surface area contributed by atoms with Crippen LogP contribution in [0.15, 0.2) is 146 Å². The van der Waals surface area contributed by atoms with Gasteiger partial charge in [-0.25, -0.2) is 0 Å². The van der Waals surface area contributed by atoms with Crippen LogP contribution in [0, 0.1) is 19.8 Å². The molecule has 0 fully saturated rings. The lowest BCUT2D eigenvalue weighted by Crippen LogP contribution is -2.26. The van der Waals surface area contributed by atoms with E-state index in [4.69, 9.17) is 0 Å². The van der Waals surface area contributed by atoms with E-state index in [0.29, 0.717) is 12.5 Å². The number of allylic oxidation sites excluding steroid dienone is 2. The van der Waals surface area contributed by atoms with Crippen LogP contribution in [-0.4, -0.2) is 6.54 Å². The first-order valence-electron chi connectivity index (χ1n) is 14.6.